The molecule has 3 N–H and O–H groups in total. The first-order valence-electron chi connectivity index (χ1n) is 10.1. The van der Waals surface area contributed by atoms with Gasteiger partial charge in [-0.2, -0.15) is 0 Å². The summed E-state index contributed by atoms with van der Waals surface area (Å²) in [6, 6.07) is 15.1. The van der Waals surface area contributed by atoms with Crippen LogP contribution in [0.1, 0.15) is 17.2 Å². The number of rotatable bonds is 5. The van der Waals surface area contributed by atoms with Gasteiger partial charge in [-0.25, -0.2) is 13.6 Å². The van der Waals surface area contributed by atoms with Crippen molar-refractivity contribution >= 4 is 56.4 Å². The highest BCUT2D eigenvalue weighted by Crippen LogP contribution is 2.43. The van der Waals surface area contributed by atoms with Crippen molar-refractivity contribution in [1.82, 2.24) is 0 Å². The van der Waals surface area contributed by atoms with Gasteiger partial charge in [0.2, 0.25) is 10.0 Å². The maximum Gasteiger partial charge on any atom is 0.300 e. The quantitative estimate of drug-likeness (QED) is 0.287. The molecule has 1 unspecified atom stereocenters. The molecule has 1 fully saturated rings. The van der Waals surface area contributed by atoms with Gasteiger partial charge in [-0.3, -0.25) is 14.5 Å². The first-order valence-corrected chi connectivity index (χ1v) is 12.4. The third-order valence-electron chi connectivity index (χ3n) is 5.51. The number of carbonyl (C=O) groups is 2. The lowest BCUT2D eigenvalue weighted by atomic mass is 9.95. The van der Waals surface area contributed by atoms with E-state index in [9.17, 15) is 23.1 Å². The number of aliphatic hydroxyl groups is 1. The molecule has 0 aliphatic carbocycles. The number of Topliss-reactive ketones (excluding diaryl/α,β-unsaturated/α-hetero) is 1. The standard InChI is InChI=1S/C24H18Cl2N2O6S/c1-34-16-7-2-13(3-8-16)21-20(22(29)14-4-11-18(25)19(26)12-14)23(30)24(31)28(21)15-5-9-17(10-6-15)35(27,32)33/h2-12,21,29H,1H3,(H2,27,32,33)/b22-20+. The minimum absolute atomic E-state index is 0.157. The van der Waals surface area contributed by atoms with Crippen LogP contribution in [-0.2, 0) is 19.6 Å². The van der Waals surface area contributed by atoms with E-state index in [0.717, 1.165) is 0 Å². The zero-order chi connectivity index (χ0) is 25.5. The Bertz CT molecular complexity index is 1470. The Kier molecular flexibility index (Phi) is 6.61. The number of hydrogen-bond acceptors (Lipinski definition) is 6. The van der Waals surface area contributed by atoms with Gasteiger partial charge in [-0.1, -0.05) is 35.3 Å². The molecule has 1 atom stereocenters. The number of carbonyl (C=O) groups excluding carboxylic acids is 2. The average molecular weight is 533 g/mol. The smallest absolute Gasteiger partial charge is 0.300 e. The van der Waals surface area contributed by atoms with Crippen molar-refractivity contribution in [3.8, 4) is 5.75 Å². The van der Waals surface area contributed by atoms with Crippen LogP contribution in [0.25, 0.3) is 5.76 Å². The average Bonchev–Trinajstić information content (AvgIpc) is 3.10. The largest absolute Gasteiger partial charge is 0.507 e. The van der Waals surface area contributed by atoms with Crippen LogP contribution in [0.15, 0.2) is 77.2 Å². The second kappa shape index (κ2) is 9.35. The van der Waals surface area contributed by atoms with Crippen molar-refractivity contribution in [3.05, 3.63) is 93.5 Å². The molecule has 3 aromatic carbocycles. The minimum Gasteiger partial charge on any atom is -0.507 e. The molecule has 1 amide bonds. The molecule has 1 heterocycles. The predicted molar refractivity (Wildman–Crippen MR) is 132 cm³/mol. The summed E-state index contributed by atoms with van der Waals surface area (Å²) in [5.74, 6) is -1.72. The normalized spacial score (nSPS) is 17.6. The molecule has 0 saturated carbocycles. The van der Waals surface area contributed by atoms with E-state index in [2.05, 4.69) is 0 Å². The van der Waals surface area contributed by atoms with Gasteiger partial charge in [-0.15, -0.1) is 0 Å². The van der Waals surface area contributed by atoms with E-state index < -0.39 is 33.5 Å². The van der Waals surface area contributed by atoms with Crippen molar-refractivity contribution in [1.29, 1.82) is 0 Å². The molecular weight excluding hydrogens is 515 g/mol. The second-order valence-corrected chi connectivity index (χ2v) is 9.99. The summed E-state index contributed by atoms with van der Waals surface area (Å²) in [4.78, 5) is 27.4. The number of benzene rings is 3. The molecule has 0 radical (unpaired) electrons. The third kappa shape index (κ3) is 4.63. The predicted octanol–water partition coefficient (Wildman–Crippen LogP) is 4.28. The molecule has 8 nitrogen and oxygen atoms in total. The Balaban J connectivity index is 1.92. The molecular formula is C24H18Cl2N2O6S. The summed E-state index contributed by atoms with van der Waals surface area (Å²) < 4.78 is 28.5. The fraction of sp³-hybridized carbons (Fsp3) is 0.0833. The fourth-order valence-electron chi connectivity index (χ4n) is 3.80. The Labute approximate surface area is 211 Å². The van der Waals surface area contributed by atoms with E-state index >= 15 is 0 Å². The molecule has 0 bridgehead atoms. The van der Waals surface area contributed by atoms with Gasteiger partial charge < -0.3 is 9.84 Å². The van der Waals surface area contributed by atoms with Gasteiger partial charge in [0.1, 0.15) is 11.5 Å². The number of ether oxygens (including phenoxy) is 1. The highest BCUT2D eigenvalue weighted by atomic mass is 35.5. The van der Waals surface area contributed by atoms with E-state index in [1.807, 2.05) is 0 Å². The number of nitrogens with two attached hydrogens (primary N) is 1. The summed E-state index contributed by atoms with van der Waals surface area (Å²) in [6.45, 7) is 0. The molecule has 35 heavy (non-hydrogen) atoms. The summed E-state index contributed by atoms with van der Waals surface area (Å²) in [5.41, 5.74) is 0.755. The lowest BCUT2D eigenvalue weighted by Gasteiger charge is -2.25. The van der Waals surface area contributed by atoms with E-state index in [1.165, 1.54) is 54.5 Å². The molecule has 0 aromatic heterocycles. The minimum atomic E-state index is -3.97. The molecule has 1 aliphatic heterocycles. The van der Waals surface area contributed by atoms with Crippen molar-refractivity contribution in [2.24, 2.45) is 5.14 Å². The Morgan fingerprint density at radius 1 is 0.971 bits per heavy atom. The van der Waals surface area contributed by atoms with Gasteiger partial charge >= 0.3 is 0 Å². The van der Waals surface area contributed by atoms with Crippen molar-refractivity contribution in [3.63, 3.8) is 0 Å². The van der Waals surface area contributed by atoms with E-state index in [0.29, 0.717) is 11.3 Å². The molecule has 0 spiro atoms. The van der Waals surface area contributed by atoms with Gasteiger partial charge in [0.25, 0.3) is 11.7 Å². The summed E-state index contributed by atoms with van der Waals surface area (Å²) >= 11 is 12.1. The summed E-state index contributed by atoms with van der Waals surface area (Å²) in [6.07, 6.45) is 0. The molecule has 3 aromatic rings. The van der Waals surface area contributed by atoms with Crippen LogP contribution in [0.5, 0.6) is 5.75 Å². The number of methoxy groups -OCH3 is 1. The van der Waals surface area contributed by atoms with Crippen LogP contribution < -0.4 is 14.8 Å². The molecule has 180 valence electrons. The van der Waals surface area contributed by atoms with Crippen molar-refractivity contribution in [2.75, 3.05) is 12.0 Å². The van der Waals surface area contributed by atoms with E-state index in [4.69, 9.17) is 33.1 Å². The number of nitrogens with zero attached hydrogens (tertiary/aromatic N) is 1. The first-order chi connectivity index (χ1) is 16.5. The number of amides is 1. The van der Waals surface area contributed by atoms with Crippen LogP contribution in [-0.4, -0.2) is 32.3 Å². The summed E-state index contributed by atoms with van der Waals surface area (Å²) in [5, 5.41) is 16.7. The van der Waals surface area contributed by atoms with Crippen LogP contribution in [0.4, 0.5) is 5.69 Å². The highest BCUT2D eigenvalue weighted by molar-refractivity contribution is 7.89. The lowest BCUT2D eigenvalue weighted by Crippen LogP contribution is -2.29. The van der Waals surface area contributed by atoms with E-state index in [1.54, 1.807) is 24.3 Å². The highest BCUT2D eigenvalue weighted by Gasteiger charge is 2.47. The number of aliphatic hydroxyl groups excluding tert-OH is 1. The van der Waals surface area contributed by atoms with Crippen molar-refractivity contribution < 1.29 is 27.9 Å². The van der Waals surface area contributed by atoms with Gasteiger partial charge in [-0.05, 0) is 60.2 Å². The fourth-order valence-corrected chi connectivity index (χ4v) is 4.61. The topological polar surface area (TPSA) is 127 Å². The van der Waals surface area contributed by atoms with E-state index in [-0.39, 0.29) is 31.8 Å². The van der Waals surface area contributed by atoms with Crippen molar-refractivity contribution in [2.45, 2.75) is 10.9 Å². The molecule has 1 aliphatic rings. The SMILES string of the molecule is COc1ccc(C2/C(=C(\O)c3ccc(Cl)c(Cl)c3)C(=O)C(=O)N2c2ccc(S(N)(=O)=O)cc2)cc1. The van der Waals surface area contributed by atoms with Gasteiger partial charge in [0, 0.05) is 11.3 Å². The Hall–Kier alpha value is -3.37. The number of hydrogen-bond donors (Lipinski definition) is 2. The van der Waals surface area contributed by atoms with Crippen LogP contribution in [0.2, 0.25) is 10.0 Å². The molecule has 11 heteroatoms. The summed E-state index contributed by atoms with van der Waals surface area (Å²) in [7, 11) is -2.47. The molecule has 4 rings (SSSR count). The van der Waals surface area contributed by atoms with Crippen LogP contribution in [0.3, 0.4) is 0 Å². The maximum absolute atomic E-state index is 13.2. The monoisotopic (exact) mass is 532 g/mol. The first kappa shape index (κ1) is 24.7. The molecule has 1 saturated heterocycles. The Morgan fingerprint density at radius 2 is 1.60 bits per heavy atom. The number of primary sulfonamides is 1. The third-order valence-corrected chi connectivity index (χ3v) is 7.18. The van der Waals surface area contributed by atoms with Gasteiger partial charge in [0.15, 0.2) is 0 Å². The van der Waals surface area contributed by atoms with Crippen LogP contribution in [0, 0.1) is 0 Å². The Morgan fingerprint density at radius 3 is 2.14 bits per heavy atom. The number of halogens is 2. The zero-order valence-electron chi connectivity index (χ0n) is 18.1. The number of sulfonamides is 1. The maximum atomic E-state index is 13.2. The number of ketones is 1. The number of anilines is 1. The van der Waals surface area contributed by atoms with Gasteiger partial charge in [0.05, 0.1) is 33.7 Å². The zero-order valence-corrected chi connectivity index (χ0v) is 20.4. The second-order valence-electron chi connectivity index (χ2n) is 7.61. The van der Waals surface area contributed by atoms with Crippen LogP contribution >= 0.6 is 23.2 Å². The lowest BCUT2D eigenvalue weighted by molar-refractivity contribution is -0.132.